The molecule has 2 N–H and O–H groups in total. The molecule has 8 nitrogen and oxygen atoms in total. The van der Waals surface area contributed by atoms with Gasteiger partial charge in [-0.2, -0.15) is 0 Å². The Morgan fingerprint density at radius 1 is 1.05 bits per heavy atom. The Kier molecular flexibility index (Phi) is 12.7. The number of thiazole rings is 1. The highest BCUT2D eigenvalue weighted by atomic mass is 32.1. The number of anilines is 1. The van der Waals surface area contributed by atoms with E-state index >= 15 is 0 Å². The van der Waals surface area contributed by atoms with Gasteiger partial charge in [0.2, 0.25) is 11.8 Å². The maximum absolute atomic E-state index is 13.1. The van der Waals surface area contributed by atoms with E-state index in [1.54, 1.807) is 16.3 Å². The van der Waals surface area contributed by atoms with Crippen LogP contribution in [0.4, 0.5) is 5.13 Å². The van der Waals surface area contributed by atoms with Crippen molar-refractivity contribution in [3.8, 4) is 0 Å². The minimum Gasteiger partial charge on any atom is -0.353 e. The zero-order valence-corrected chi connectivity index (χ0v) is 24.0. The van der Waals surface area contributed by atoms with Gasteiger partial charge in [0.05, 0.1) is 12.1 Å². The van der Waals surface area contributed by atoms with Gasteiger partial charge in [-0.1, -0.05) is 45.9 Å². The van der Waals surface area contributed by atoms with E-state index in [4.69, 9.17) is 0 Å². The second-order valence-corrected chi connectivity index (χ2v) is 10.8. The number of nitrogens with zero attached hydrogens (tertiary/aromatic N) is 3. The normalized spacial score (nSPS) is 12.0. The second-order valence-electron chi connectivity index (χ2n) is 9.90. The number of hydrogen-bond donors (Lipinski definition) is 2. The summed E-state index contributed by atoms with van der Waals surface area (Å²) in [5, 5.41) is 8.04. The Hall–Kier alpha value is -2.78. The summed E-state index contributed by atoms with van der Waals surface area (Å²) in [5.41, 5.74) is 2.09. The van der Waals surface area contributed by atoms with Crippen LogP contribution in [0.25, 0.3) is 0 Å². The minimum absolute atomic E-state index is 0.0637. The van der Waals surface area contributed by atoms with Gasteiger partial charge in [0.1, 0.15) is 6.54 Å². The standard InChI is InChI=1S/C28H43N5O3S/c1-7-32(8-2)15-11-13-22(6)29-25(34)16-23-19-37-28(30-23)31-26(35)18-33(17-20(3)4)27(36)24-14-10-9-12-21(24)5/h9-10,12,14,19-20,22H,7-8,11,13,15-18H2,1-6H3,(H,29,34)(H,30,31,35). The zero-order chi connectivity index (χ0) is 27.4. The average Bonchev–Trinajstić information content (AvgIpc) is 3.27. The highest BCUT2D eigenvalue weighted by Gasteiger charge is 2.22. The summed E-state index contributed by atoms with van der Waals surface area (Å²) in [4.78, 5) is 46.7. The lowest BCUT2D eigenvalue weighted by molar-refractivity contribution is -0.121. The molecule has 2 rings (SSSR count). The molecule has 9 heteroatoms. The van der Waals surface area contributed by atoms with Crippen LogP contribution in [0, 0.1) is 12.8 Å². The molecule has 0 saturated heterocycles. The predicted molar refractivity (Wildman–Crippen MR) is 151 cm³/mol. The van der Waals surface area contributed by atoms with Crippen LogP contribution in [0.15, 0.2) is 29.6 Å². The maximum atomic E-state index is 13.1. The number of rotatable bonds is 15. The average molecular weight is 530 g/mol. The lowest BCUT2D eigenvalue weighted by Crippen LogP contribution is -2.40. The molecule has 204 valence electrons. The van der Waals surface area contributed by atoms with Gasteiger partial charge in [-0.3, -0.25) is 14.4 Å². The molecule has 1 heterocycles. The number of carbonyl (C=O) groups excluding carboxylic acids is 3. The molecule has 0 aliphatic heterocycles. The van der Waals surface area contributed by atoms with Crippen molar-refractivity contribution in [1.29, 1.82) is 0 Å². The first-order valence-electron chi connectivity index (χ1n) is 13.2. The van der Waals surface area contributed by atoms with Gasteiger partial charge in [0, 0.05) is 23.5 Å². The molecule has 0 aliphatic carbocycles. The van der Waals surface area contributed by atoms with Crippen LogP contribution < -0.4 is 10.6 Å². The van der Waals surface area contributed by atoms with Crippen molar-refractivity contribution in [2.24, 2.45) is 5.92 Å². The van der Waals surface area contributed by atoms with Gasteiger partial charge in [0.25, 0.3) is 5.91 Å². The van der Waals surface area contributed by atoms with E-state index in [1.165, 1.54) is 11.3 Å². The molecular weight excluding hydrogens is 486 g/mol. The van der Waals surface area contributed by atoms with Gasteiger partial charge in [-0.15, -0.1) is 11.3 Å². The maximum Gasteiger partial charge on any atom is 0.254 e. The third-order valence-corrected chi connectivity index (χ3v) is 6.94. The van der Waals surface area contributed by atoms with Crippen LogP contribution in [0.5, 0.6) is 0 Å². The van der Waals surface area contributed by atoms with E-state index in [0.29, 0.717) is 22.9 Å². The third-order valence-electron chi connectivity index (χ3n) is 6.14. The third kappa shape index (κ3) is 10.6. The fourth-order valence-electron chi connectivity index (χ4n) is 4.14. The molecule has 0 fully saturated rings. The first-order valence-corrected chi connectivity index (χ1v) is 14.1. The minimum atomic E-state index is -0.310. The van der Waals surface area contributed by atoms with Crippen molar-refractivity contribution in [1.82, 2.24) is 20.1 Å². The van der Waals surface area contributed by atoms with Crippen molar-refractivity contribution in [2.45, 2.75) is 66.8 Å². The van der Waals surface area contributed by atoms with Crippen LogP contribution in [0.1, 0.15) is 69.1 Å². The van der Waals surface area contributed by atoms with Crippen molar-refractivity contribution in [3.05, 3.63) is 46.5 Å². The number of aromatic nitrogens is 1. The Morgan fingerprint density at radius 3 is 2.41 bits per heavy atom. The highest BCUT2D eigenvalue weighted by Crippen LogP contribution is 2.17. The smallest absolute Gasteiger partial charge is 0.254 e. The predicted octanol–water partition coefficient (Wildman–Crippen LogP) is 4.36. The fourth-order valence-corrected chi connectivity index (χ4v) is 4.87. The summed E-state index contributed by atoms with van der Waals surface area (Å²) in [6, 6.07) is 7.49. The van der Waals surface area contributed by atoms with Gasteiger partial charge in [0.15, 0.2) is 5.13 Å². The largest absolute Gasteiger partial charge is 0.353 e. The first kappa shape index (κ1) is 30.4. The summed E-state index contributed by atoms with van der Waals surface area (Å²) in [7, 11) is 0. The molecule has 1 aromatic heterocycles. The monoisotopic (exact) mass is 529 g/mol. The van der Waals surface area contributed by atoms with Crippen LogP contribution in [0.3, 0.4) is 0 Å². The lowest BCUT2D eigenvalue weighted by Gasteiger charge is -2.24. The van der Waals surface area contributed by atoms with E-state index in [1.807, 2.05) is 45.9 Å². The van der Waals surface area contributed by atoms with Gasteiger partial charge in [-0.05, 0) is 63.9 Å². The van der Waals surface area contributed by atoms with E-state index in [-0.39, 0.29) is 42.6 Å². The molecule has 1 aromatic carbocycles. The molecule has 37 heavy (non-hydrogen) atoms. The SMILES string of the molecule is CCN(CC)CCCC(C)NC(=O)Cc1csc(NC(=O)CN(CC(C)C)C(=O)c2ccccc2C)n1. The number of benzene rings is 1. The molecular formula is C28H43N5O3S. The van der Waals surface area contributed by atoms with E-state index in [9.17, 15) is 14.4 Å². The molecule has 1 unspecified atom stereocenters. The Labute approximate surface area is 225 Å². The van der Waals surface area contributed by atoms with Crippen molar-refractivity contribution < 1.29 is 14.4 Å². The van der Waals surface area contributed by atoms with Crippen molar-refractivity contribution in [2.75, 3.05) is 38.0 Å². The number of hydrogen-bond acceptors (Lipinski definition) is 6. The number of amides is 3. The molecule has 1 atom stereocenters. The van der Waals surface area contributed by atoms with Crippen LogP contribution in [-0.4, -0.2) is 71.3 Å². The Bertz CT molecular complexity index is 1020. The quantitative estimate of drug-likeness (QED) is 0.358. The van der Waals surface area contributed by atoms with Gasteiger partial charge < -0.3 is 20.4 Å². The number of nitrogens with one attached hydrogen (secondary N) is 2. The van der Waals surface area contributed by atoms with Gasteiger partial charge in [-0.25, -0.2) is 4.98 Å². The van der Waals surface area contributed by atoms with Crippen LogP contribution in [-0.2, 0) is 16.0 Å². The summed E-state index contributed by atoms with van der Waals surface area (Å²) in [6.45, 7) is 15.8. The second kappa shape index (κ2) is 15.5. The molecule has 0 aliphatic rings. The molecule has 0 bridgehead atoms. The molecule has 0 spiro atoms. The topological polar surface area (TPSA) is 94.6 Å². The number of aryl methyl sites for hydroxylation is 1. The highest BCUT2D eigenvalue weighted by molar-refractivity contribution is 7.13. The number of carbonyl (C=O) groups is 3. The summed E-state index contributed by atoms with van der Waals surface area (Å²) >= 11 is 1.28. The molecule has 0 saturated carbocycles. The Balaban J connectivity index is 1.87. The first-order chi connectivity index (χ1) is 17.6. The molecule has 2 aromatic rings. The summed E-state index contributed by atoms with van der Waals surface area (Å²) in [6.07, 6.45) is 2.13. The zero-order valence-electron chi connectivity index (χ0n) is 23.2. The van der Waals surface area contributed by atoms with E-state index in [2.05, 4.69) is 34.4 Å². The molecule has 3 amide bonds. The van der Waals surface area contributed by atoms with Crippen LogP contribution >= 0.6 is 11.3 Å². The van der Waals surface area contributed by atoms with E-state index in [0.717, 1.165) is 38.0 Å². The van der Waals surface area contributed by atoms with Crippen LogP contribution in [0.2, 0.25) is 0 Å². The fraction of sp³-hybridized carbons (Fsp3) is 0.571. The van der Waals surface area contributed by atoms with Crippen molar-refractivity contribution >= 4 is 34.2 Å². The summed E-state index contributed by atoms with van der Waals surface area (Å²) in [5.74, 6) is -0.338. The Morgan fingerprint density at radius 2 is 1.76 bits per heavy atom. The molecule has 0 radical (unpaired) electrons. The summed E-state index contributed by atoms with van der Waals surface area (Å²) < 4.78 is 0. The van der Waals surface area contributed by atoms with Gasteiger partial charge >= 0.3 is 0 Å². The van der Waals surface area contributed by atoms with Crippen molar-refractivity contribution in [3.63, 3.8) is 0 Å². The van der Waals surface area contributed by atoms with E-state index < -0.39 is 0 Å². The lowest BCUT2D eigenvalue weighted by atomic mass is 10.1.